The minimum atomic E-state index is -3.27. The zero-order valence-corrected chi connectivity index (χ0v) is 9.64. The Kier molecular flexibility index (Phi) is 3.17. The summed E-state index contributed by atoms with van der Waals surface area (Å²) in [5.74, 6) is 0. The number of hydrogen-bond donors (Lipinski definition) is 2. The predicted octanol–water partition coefficient (Wildman–Crippen LogP) is 0.0318. The maximum absolute atomic E-state index is 11.9. The molecule has 2 N–H and O–H groups in total. The van der Waals surface area contributed by atoms with Gasteiger partial charge in [-0.2, -0.15) is 0 Å². The van der Waals surface area contributed by atoms with Crippen LogP contribution in [0, 0.1) is 0 Å². The summed E-state index contributed by atoms with van der Waals surface area (Å²) < 4.78 is 29.8. The van der Waals surface area contributed by atoms with Gasteiger partial charge in [-0.15, -0.1) is 5.10 Å². The summed E-state index contributed by atoms with van der Waals surface area (Å²) in [6, 6.07) is 0. The van der Waals surface area contributed by atoms with Crippen molar-refractivity contribution in [2.75, 3.05) is 17.8 Å². The lowest BCUT2D eigenvalue weighted by Crippen LogP contribution is -2.38. The Morgan fingerprint density at radius 2 is 2.20 bits per heavy atom. The molecule has 0 atom stereocenters. The third-order valence-electron chi connectivity index (χ3n) is 2.33. The highest BCUT2D eigenvalue weighted by Crippen LogP contribution is 2.18. The molecule has 0 aliphatic carbocycles. The maximum atomic E-state index is 11.9. The highest BCUT2D eigenvalue weighted by molar-refractivity contribution is 7.93. The van der Waals surface area contributed by atoms with Crippen molar-refractivity contribution in [2.45, 2.75) is 18.1 Å². The summed E-state index contributed by atoms with van der Waals surface area (Å²) in [6.07, 6.45) is 2.73. The largest absolute Gasteiger partial charge is 0.317 e. The van der Waals surface area contributed by atoms with Crippen molar-refractivity contribution in [3.05, 3.63) is 6.20 Å². The van der Waals surface area contributed by atoms with E-state index in [1.807, 2.05) is 0 Å². The lowest BCUT2D eigenvalue weighted by Gasteiger charge is -2.22. The van der Waals surface area contributed by atoms with Gasteiger partial charge in [-0.25, -0.2) is 8.42 Å². The molecule has 1 aromatic rings. The van der Waals surface area contributed by atoms with Gasteiger partial charge >= 0.3 is 0 Å². The summed E-state index contributed by atoms with van der Waals surface area (Å²) in [6.45, 7) is 1.51. The molecule has 0 unspecified atom stereocenters. The lowest BCUT2D eigenvalue weighted by atomic mass is 10.2. The molecule has 1 aliphatic heterocycles. The summed E-state index contributed by atoms with van der Waals surface area (Å²) in [5.41, 5.74) is 0. The molecule has 1 fully saturated rings. The minimum absolute atomic E-state index is 0.305. The molecule has 8 heteroatoms. The van der Waals surface area contributed by atoms with E-state index in [0.29, 0.717) is 17.8 Å². The van der Waals surface area contributed by atoms with Gasteiger partial charge in [0.25, 0.3) is 0 Å². The molecule has 1 aromatic heterocycles. The Labute approximate surface area is 92.3 Å². The molecule has 0 radical (unpaired) electrons. The predicted molar refractivity (Wildman–Crippen MR) is 58.3 cm³/mol. The van der Waals surface area contributed by atoms with Crippen molar-refractivity contribution < 1.29 is 8.42 Å². The third-order valence-corrected chi connectivity index (χ3v) is 4.89. The number of anilines is 1. The van der Waals surface area contributed by atoms with Crippen molar-refractivity contribution in [3.63, 3.8) is 0 Å². The molecule has 2 heterocycles. The van der Waals surface area contributed by atoms with Crippen LogP contribution in [0.5, 0.6) is 0 Å². The fourth-order valence-corrected chi connectivity index (χ4v) is 3.67. The van der Waals surface area contributed by atoms with Crippen LogP contribution >= 0.6 is 11.5 Å². The van der Waals surface area contributed by atoms with Gasteiger partial charge in [0.2, 0.25) is 10.0 Å². The van der Waals surface area contributed by atoms with Gasteiger partial charge in [0, 0.05) is 11.5 Å². The van der Waals surface area contributed by atoms with Gasteiger partial charge in [0.15, 0.2) is 0 Å². The van der Waals surface area contributed by atoms with Crippen molar-refractivity contribution in [3.8, 4) is 0 Å². The van der Waals surface area contributed by atoms with Crippen LogP contribution in [0.3, 0.4) is 0 Å². The summed E-state index contributed by atoms with van der Waals surface area (Å²) >= 11 is 1.05. The van der Waals surface area contributed by atoms with Crippen molar-refractivity contribution in [2.24, 2.45) is 0 Å². The lowest BCUT2D eigenvalue weighted by molar-refractivity contribution is 0.499. The zero-order chi connectivity index (χ0) is 10.7. The first-order valence-corrected chi connectivity index (χ1v) is 7.00. The van der Waals surface area contributed by atoms with Gasteiger partial charge in [0.1, 0.15) is 5.00 Å². The van der Waals surface area contributed by atoms with E-state index < -0.39 is 10.0 Å². The highest BCUT2D eigenvalue weighted by Gasteiger charge is 2.27. The van der Waals surface area contributed by atoms with Gasteiger partial charge in [-0.05, 0) is 25.9 Å². The van der Waals surface area contributed by atoms with Crippen LogP contribution in [-0.2, 0) is 10.0 Å². The number of piperidine rings is 1. The first-order chi connectivity index (χ1) is 7.18. The van der Waals surface area contributed by atoms with Gasteiger partial charge in [0.05, 0.1) is 11.4 Å². The number of sulfonamides is 1. The van der Waals surface area contributed by atoms with E-state index >= 15 is 0 Å². The van der Waals surface area contributed by atoms with Crippen LogP contribution in [0.25, 0.3) is 0 Å². The van der Waals surface area contributed by atoms with Crippen LogP contribution in [0.2, 0.25) is 0 Å². The molecule has 1 saturated heterocycles. The number of nitrogens with zero attached hydrogens (tertiary/aromatic N) is 2. The number of aromatic nitrogens is 2. The molecule has 15 heavy (non-hydrogen) atoms. The van der Waals surface area contributed by atoms with Gasteiger partial charge in [-0.3, -0.25) is 4.72 Å². The van der Waals surface area contributed by atoms with Crippen LogP contribution in [0.4, 0.5) is 5.00 Å². The van der Waals surface area contributed by atoms with E-state index in [9.17, 15) is 8.42 Å². The SMILES string of the molecule is O=S(=O)(Nc1cnns1)C1CCNCC1. The van der Waals surface area contributed by atoms with E-state index in [1.165, 1.54) is 6.20 Å². The Morgan fingerprint density at radius 3 is 2.80 bits per heavy atom. The number of rotatable bonds is 3. The Balaban J connectivity index is 2.05. The fraction of sp³-hybridized carbons (Fsp3) is 0.714. The van der Waals surface area contributed by atoms with Crippen molar-refractivity contribution in [1.29, 1.82) is 0 Å². The fourth-order valence-electron chi connectivity index (χ4n) is 1.54. The number of hydrogen-bond acceptors (Lipinski definition) is 6. The Bertz CT molecular complexity index is 397. The van der Waals surface area contributed by atoms with E-state index in [0.717, 1.165) is 24.6 Å². The van der Waals surface area contributed by atoms with Gasteiger partial charge in [-0.1, -0.05) is 4.49 Å². The molecule has 6 nitrogen and oxygen atoms in total. The molecule has 1 aliphatic rings. The van der Waals surface area contributed by atoms with E-state index in [1.54, 1.807) is 0 Å². The monoisotopic (exact) mass is 248 g/mol. The normalized spacial score (nSPS) is 18.9. The summed E-state index contributed by atoms with van der Waals surface area (Å²) in [4.78, 5) is 0. The van der Waals surface area contributed by atoms with E-state index in [2.05, 4.69) is 19.6 Å². The first kappa shape index (κ1) is 10.8. The molecule has 0 amide bonds. The standard InChI is InChI=1S/C7H12N4O2S2/c12-15(13,6-1-3-8-4-2-6)10-7-5-9-11-14-7/h5-6,8,10H,1-4H2. The second kappa shape index (κ2) is 4.42. The summed E-state index contributed by atoms with van der Waals surface area (Å²) in [5, 5.41) is 6.89. The molecule has 84 valence electrons. The van der Waals surface area contributed by atoms with E-state index in [4.69, 9.17) is 0 Å². The minimum Gasteiger partial charge on any atom is -0.317 e. The average Bonchev–Trinajstić information content (AvgIpc) is 2.71. The number of nitrogens with one attached hydrogen (secondary N) is 2. The first-order valence-electron chi connectivity index (χ1n) is 4.68. The molecule has 0 saturated carbocycles. The second-order valence-electron chi connectivity index (χ2n) is 3.38. The maximum Gasteiger partial charge on any atom is 0.236 e. The average molecular weight is 248 g/mol. The van der Waals surface area contributed by atoms with Crippen LogP contribution in [-0.4, -0.2) is 36.3 Å². The molecular weight excluding hydrogens is 236 g/mol. The topological polar surface area (TPSA) is 84.0 Å². The molecule has 0 spiro atoms. The van der Waals surface area contributed by atoms with Crippen LogP contribution in [0.15, 0.2) is 6.20 Å². The molecule has 0 bridgehead atoms. The van der Waals surface area contributed by atoms with E-state index in [-0.39, 0.29) is 5.25 Å². The Hall–Kier alpha value is -0.730. The highest BCUT2D eigenvalue weighted by atomic mass is 32.2. The molecule has 2 rings (SSSR count). The second-order valence-corrected chi connectivity index (χ2v) is 6.12. The third kappa shape index (κ3) is 2.64. The van der Waals surface area contributed by atoms with Crippen molar-refractivity contribution in [1.82, 2.24) is 14.9 Å². The van der Waals surface area contributed by atoms with Crippen LogP contribution in [0.1, 0.15) is 12.8 Å². The summed E-state index contributed by atoms with van der Waals surface area (Å²) in [7, 11) is -3.27. The van der Waals surface area contributed by atoms with Gasteiger partial charge < -0.3 is 5.32 Å². The van der Waals surface area contributed by atoms with Crippen LogP contribution < -0.4 is 10.0 Å². The zero-order valence-electron chi connectivity index (χ0n) is 8.01. The molecule has 0 aromatic carbocycles. The quantitative estimate of drug-likeness (QED) is 0.788. The Morgan fingerprint density at radius 1 is 1.47 bits per heavy atom. The smallest absolute Gasteiger partial charge is 0.236 e. The van der Waals surface area contributed by atoms with Crippen molar-refractivity contribution >= 4 is 26.6 Å². The molecular formula is C7H12N4O2S2.